The summed E-state index contributed by atoms with van der Waals surface area (Å²) in [5, 5.41) is 2.64. The molecule has 0 unspecified atom stereocenters. The van der Waals surface area contributed by atoms with E-state index < -0.39 is 33.8 Å². The quantitative estimate of drug-likeness (QED) is 0.711. The molecule has 1 N–H and O–H groups in total. The van der Waals surface area contributed by atoms with Crippen LogP contribution in [0.25, 0.3) is 0 Å². The molecule has 0 heterocycles. The number of ether oxygens (including phenoxy) is 1. The van der Waals surface area contributed by atoms with E-state index in [-0.39, 0.29) is 12.1 Å². The third-order valence-electron chi connectivity index (χ3n) is 3.98. The summed E-state index contributed by atoms with van der Waals surface area (Å²) in [5.41, 5.74) is 0.896. The van der Waals surface area contributed by atoms with Gasteiger partial charge in [-0.3, -0.25) is 9.10 Å². The van der Waals surface area contributed by atoms with Gasteiger partial charge in [0.25, 0.3) is 0 Å². The molecule has 7 nitrogen and oxygen atoms in total. The maximum Gasteiger partial charge on any atom is 0.337 e. The number of hydrogen-bond acceptors (Lipinski definition) is 5. The Bertz CT molecular complexity index is 943. The summed E-state index contributed by atoms with van der Waals surface area (Å²) in [6.45, 7) is 1.67. The number of nitrogens with zero attached hydrogens (tertiary/aromatic N) is 1. The van der Waals surface area contributed by atoms with Gasteiger partial charge in [-0.25, -0.2) is 17.6 Å². The first kappa shape index (κ1) is 21.4. The predicted octanol–water partition coefficient (Wildman–Crippen LogP) is 2.80. The molecule has 28 heavy (non-hydrogen) atoms. The molecule has 0 aliphatic carbocycles. The summed E-state index contributed by atoms with van der Waals surface area (Å²) in [5.74, 6) is -1.58. The van der Waals surface area contributed by atoms with Crippen LogP contribution in [-0.4, -0.2) is 39.7 Å². The molecule has 0 spiro atoms. The summed E-state index contributed by atoms with van der Waals surface area (Å²) in [4.78, 5) is 24.2. The topological polar surface area (TPSA) is 92.8 Å². The zero-order chi connectivity index (χ0) is 20.9. The molecular formula is C19H21FN2O5S. The number of rotatable bonds is 7. The zero-order valence-corrected chi connectivity index (χ0v) is 16.5. The number of carbonyl (C=O) groups excluding carboxylic acids is 2. The molecule has 9 heteroatoms. The standard InChI is InChI=1S/C19H21FN2O5S/c1-4-17(22(28(3,25)26)16-11-7-14(20)8-12-16)18(23)21-15-9-5-13(6-10-15)19(24)27-2/h5-12,17H,4H2,1-3H3,(H,21,23)/t17-/m0/s1. The van der Waals surface area contributed by atoms with E-state index in [1.165, 1.54) is 43.5 Å². The molecule has 0 aliphatic rings. The van der Waals surface area contributed by atoms with Gasteiger partial charge in [-0.15, -0.1) is 0 Å². The Kier molecular flexibility index (Phi) is 6.74. The third-order valence-corrected chi connectivity index (χ3v) is 5.16. The highest BCUT2D eigenvalue weighted by Crippen LogP contribution is 2.23. The molecule has 2 rings (SSSR count). The smallest absolute Gasteiger partial charge is 0.337 e. The maximum absolute atomic E-state index is 13.2. The molecule has 0 bridgehead atoms. The summed E-state index contributed by atoms with van der Waals surface area (Å²) < 4.78 is 43.4. The van der Waals surface area contributed by atoms with E-state index in [2.05, 4.69) is 10.1 Å². The first-order chi connectivity index (χ1) is 13.2. The van der Waals surface area contributed by atoms with Crippen LogP contribution in [0.4, 0.5) is 15.8 Å². The van der Waals surface area contributed by atoms with Crippen molar-refractivity contribution in [2.24, 2.45) is 0 Å². The molecule has 0 saturated heterocycles. The van der Waals surface area contributed by atoms with E-state index in [1.807, 2.05) is 0 Å². The van der Waals surface area contributed by atoms with Crippen molar-refractivity contribution in [2.75, 3.05) is 23.0 Å². The number of esters is 1. The number of halogens is 1. The fraction of sp³-hybridized carbons (Fsp3) is 0.263. The largest absolute Gasteiger partial charge is 0.465 e. The lowest BCUT2D eigenvalue weighted by atomic mass is 10.1. The van der Waals surface area contributed by atoms with E-state index in [0.717, 1.165) is 22.7 Å². The predicted molar refractivity (Wildman–Crippen MR) is 104 cm³/mol. The highest BCUT2D eigenvalue weighted by molar-refractivity contribution is 7.92. The number of carbonyl (C=O) groups is 2. The molecule has 2 aromatic carbocycles. The highest BCUT2D eigenvalue weighted by Gasteiger charge is 2.31. The Labute approximate surface area is 163 Å². The summed E-state index contributed by atoms with van der Waals surface area (Å²) >= 11 is 0. The van der Waals surface area contributed by atoms with Crippen LogP contribution >= 0.6 is 0 Å². The second-order valence-electron chi connectivity index (χ2n) is 6.02. The van der Waals surface area contributed by atoms with Crippen LogP contribution in [0.5, 0.6) is 0 Å². The number of hydrogen-bond donors (Lipinski definition) is 1. The minimum atomic E-state index is -3.81. The van der Waals surface area contributed by atoms with Crippen molar-refractivity contribution in [3.05, 3.63) is 59.9 Å². The fourth-order valence-corrected chi connectivity index (χ4v) is 3.89. The lowest BCUT2D eigenvalue weighted by Crippen LogP contribution is -2.47. The van der Waals surface area contributed by atoms with Crippen molar-refractivity contribution in [3.63, 3.8) is 0 Å². The van der Waals surface area contributed by atoms with Gasteiger partial charge in [-0.2, -0.15) is 0 Å². The molecule has 0 radical (unpaired) electrons. The summed E-state index contributed by atoms with van der Waals surface area (Å²) in [6.07, 6.45) is 1.17. The molecule has 1 atom stereocenters. The van der Waals surface area contributed by atoms with Crippen LogP contribution in [-0.2, 0) is 19.6 Å². The molecule has 0 aromatic heterocycles. The van der Waals surface area contributed by atoms with Gasteiger partial charge in [0.1, 0.15) is 11.9 Å². The lowest BCUT2D eigenvalue weighted by Gasteiger charge is -2.30. The maximum atomic E-state index is 13.2. The Balaban J connectivity index is 2.29. The van der Waals surface area contributed by atoms with Crippen molar-refractivity contribution in [1.29, 1.82) is 0 Å². The monoisotopic (exact) mass is 408 g/mol. The van der Waals surface area contributed by atoms with Crippen molar-refractivity contribution < 1.29 is 27.1 Å². The molecular weight excluding hydrogens is 387 g/mol. The molecule has 0 fully saturated rings. The van der Waals surface area contributed by atoms with Crippen molar-refractivity contribution >= 4 is 33.3 Å². The Morgan fingerprint density at radius 3 is 2.14 bits per heavy atom. The van der Waals surface area contributed by atoms with Crippen LogP contribution in [0.15, 0.2) is 48.5 Å². The van der Waals surface area contributed by atoms with E-state index in [9.17, 15) is 22.4 Å². The molecule has 2 aromatic rings. The van der Waals surface area contributed by atoms with Gasteiger partial charge in [0.05, 0.1) is 24.6 Å². The van der Waals surface area contributed by atoms with Gasteiger partial charge in [-0.05, 0) is 55.0 Å². The fourth-order valence-electron chi connectivity index (χ4n) is 2.68. The zero-order valence-electron chi connectivity index (χ0n) is 15.7. The second kappa shape index (κ2) is 8.83. The van der Waals surface area contributed by atoms with Crippen LogP contribution in [0.3, 0.4) is 0 Å². The molecule has 150 valence electrons. The van der Waals surface area contributed by atoms with Crippen LogP contribution in [0.1, 0.15) is 23.7 Å². The number of methoxy groups -OCH3 is 1. The minimum absolute atomic E-state index is 0.187. The van der Waals surface area contributed by atoms with Crippen molar-refractivity contribution in [2.45, 2.75) is 19.4 Å². The lowest BCUT2D eigenvalue weighted by molar-refractivity contribution is -0.117. The van der Waals surface area contributed by atoms with E-state index in [1.54, 1.807) is 6.92 Å². The number of amides is 1. The third kappa shape index (κ3) is 5.07. The second-order valence-corrected chi connectivity index (χ2v) is 7.88. The van der Waals surface area contributed by atoms with Gasteiger partial charge in [0, 0.05) is 5.69 Å². The van der Waals surface area contributed by atoms with Crippen LogP contribution < -0.4 is 9.62 Å². The first-order valence-electron chi connectivity index (χ1n) is 8.41. The van der Waals surface area contributed by atoms with Crippen molar-refractivity contribution in [3.8, 4) is 0 Å². The Morgan fingerprint density at radius 1 is 1.11 bits per heavy atom. The average Bonchev–Trinajstić information content (AvgIpc) is 2.66. The van der Waals surface area contributed by atoms with Crippen molar-refractivity contribution in [1.82, 2.24) is 0 Å². The van der Waals surface area contributed by atoms with E-state index >= 15 is 0 Å². The number of benzene rings is 2. The van der Waals surface area contributed by atoms with Crippen LogP contribution in [0, 0.1) is 5.82 Å². The Morgan fingerprint density at radius 2 is 1.68 bits per heavy atom. The number of anilines is 2. The Hall–Kier alpha value is -2.94. The number of nitrogens with one attached hydrogen (secondary N) is 1. The van der Waals surface area contributed by atoms with Gasteiger partial charge in [-0.1, -0.05) is 6.92 Å². The highest BCUT2D eigenvalue weighted by atomic mass is 32.2. The summed E-state index contributed by atoms with van der Waals surface area (Å²) in [6, 6.07) is 9.81. The summed E-state index contributed by atoms with van der Waals surface area (Å²) in [7, 11) is -2.55. The molecule has 1 amide bonds. The van der Waals surface area contributed by atoms with Gasteiger partial charge in [0.2, 0.25) is 15.9 Å². The average molecular weight is 408 g/mol. The molecule has 0 saturated carbocycles. The molecule has 0 aliphatic heterocycles. The van der Waals surface area contributed by atoms with E-state index in [4.69, 9.17) is 0 Å². The SMILES string of the molecule is CC[C@@H](C(=O)Nc1ccc(C(=O)OC)cc1)N(c1ccc(F)cc1)S(C)(=O)=O. The van der Waals surface area contributed by atoms with Gasteiger partial charge in [0.15, 0.2) is 0 Å². The number of sulfonamides is 1. The van der Waals surface area contributed by atoms with Gasteiger partial charge >= 0.3 is 5.97 Å². The minimum Gasteiger partial charge on any atom is -0.465 e. The van der Waals surface area contributed by atoms with Gasteiger partial charge < -0.3 is 10.1 Å². The normalized spacial score (nSPS) is 12.1. The van der Waals surface area contributed by atoms with Crippen LogP contribution in [0.2, 0.25) is 0 Å². The first-order valence-corrected chi connectivity index (χ1v) is 10.3. The van der Waals surface area contributed by atoms with E-state index in [0.29, 0.717) is 11.3 Å².